The van der Waals surface area contributed by atoms with E-state index < -0.39 is 0 Å². The lowest BCUT2D eigenvalue weighted by Gasteiger charge is -2.05. The summed E-state index contributed by atoms with van der Waals surface area (Å²) in [5, 5.41) is 3.12. The zero-order valence-corrected chi connectivity index (χ0v) is 8.83. The third-order valence-corrected chi connectivity index (χ3v) is 1.73. The average Bonchev–Trinajstić information content (AvgIpc) is 2.19. The van der Waals surface area contributed by atoms with Gasteiger partial charge in [-0.05, 0) is 13.0 Å². The van der Waals surface area contributed by atoms with E-state index in [9.17, 15) is 0 Å². The van der Waals surface area contributed by atoms with Gasteiger partial charge in [0.05, 0.1) is 6.54 Å². The third-order valence-electron chi connectivity index (χ3n) is 1.73. The number of hydrogen-bond acceptors (Lipinski definition) is 3. The summed E-state index contributed by atoms with van der Waals surface area (Å²) in [6.45, 7) is 6.60. The number of anilines is 1. The highest BCUT2D eigenvalue weighted by Crippen LogP contribution is 2.10. The van der Waals surface area contributed by atoms with E-state index in [2.05, 4.69) is 41.0 Å². The molecule has 0 aliphatic carbocycles. The van der Waals surface area contributed by atoms with Crippen molar-refractivity contribution in [3.8, 4) is 11.8 Å². The van der Waals surface area contributed by atoms with Gasteiger partial charge in [-0.15, -0.1) is 5.92 Å². The summed E-state index contributed by atoms with van der Waals surface area (Å²) in [7, 11) is 0. The van der Waals surface area contributed by atoms with Crippen LogP contribution in [0, 0.1) is 11.8 Å². The van der Waals surface area contributed by atoms with Crippen LogP contribution in [-0.2, 0) is 0 Å². The first-order chi connectivity index (χ1) is 6.74. The molecule has 1 N–H and O–H groups in total. The first-order valence-corrected chi connectivity index (χ1v) is 4.70. The second kappa shape index (κ2) is 5.23. The molecular weight excluding hydrogens is 174 g/mol. The lowest BCUT2D eigenvalue weighted by Crippen LogP contribution is -2.04. The van der Waals surface area contributed by atoms with Crippen LogP contribution in [0.5, 0.6) is 0 Å². The molecule has 0 saturated heterocycles. The Morgan fingerprint density at radius 2 is 2.29 bits per heavy atom. The molecule has 0 unspecified atom stereocenters. The van der Waals surface area contributed by atoms with Gasteiger partial charge in [-0.25, -0.2) is 9.97 Å². The molecule has 0 aliphatic heterocycles. The molecule has 1 aromatic rings. The van der Waals surface area contributed by atoms with Crippen molar-refractivity contribution in [1.29, 1.82) is 0 Å². The van der Waals surface area contributed by atoms with Crippen LogP contribution >= 0.6 is 0 Å². The van der Waals surface area contributed by atoms with Crippen molar-refractivity contribution in [2.75, 3.05) is 11.9 Å². The number of hydrogen-bond donors (Lipinski definition) is 1. The summed E-state index contributed by atoms with van der Waals surface area (Å²) < 4.78 is 0. The van der Waals surface area contributed by atoms with E-state index in [0.29, 0.717) is 12.5 Å². The molecule has 0 fully saturated rings. The van der Waals surface area contributed by atoms with Crippen LogP contribution in [0.4, 0.5) is 5.82 Å². The molecule has 3 heteroatoms. The number of aromatic nitrogens is 2. The van der Waals surface area contributed by atoms with E-state index in [1.54, 1.807) is 6.20 Å². The van der Waals surface area contributed by atoms with Gasteiger partial charge >= 0.3 is 0 Å². The molecule has 74 valence electrons. The highest BCUT2D eigenvalue weighted by Gasteiger charge is 2.02. The number of nitrogens with zero attached hydrogens (tertiary/aromatic N) is 2. The summed E-state index contributed by atoms with van der Waals surface area (Å²) in [4.78, 5) is 8.53. The molecule has 0 spiro atoms. The van der Waals surface area contributed by atoms with E-state index >= 15 is 0 Å². The maximum absolute atomic E-state index is 4.35. The van der Waals surface area contributed by atoms with Crippen molar-refractivity contribution in [2.24, 2.45) is 0 Å². The molecule has 14 heavy (non-hydrogen) atoms. The van der Waals surface area contributed by atoms with Gasteiger partial charge in [0.15, 0.2) is 0 Å². The minimum atomic E-state index is 0.356. The Balaban J connectivity index is 2.67. The van der Waals surface area contributed by atoms with Gasteiger partial charge in [0.25, 0.3) is 0 Å². The molecule has 0 bridgehead atoms. The fourth-order valence-electron chi connectivity index (χ4n) is 0.974. The van der Waals surface area contributed by atoms with Crippen LogP contribution in [0.1, 0.15) is 32.5 Å². The molecule has 0 aliphatic rings. The van der Waals surface area contributed by atoms with Crippen molar-refractivity contribution in [1.82, 2.24) is 9.97 Å². The van der Waals surface area contributed by atoms with Gasteiger partial charge in [0, 0.05) is 12.1 Å². The van der Waals surface area contributed by atoms with E-state index in [-0.39, 0.29) is 0 Å². The monoisotopic (exact) mass is 189 g/mol. The maximum Gasteiger partial charge on any atom is 0.133 e. The fraction of sp³-hybridized carbons (Fsp3) is 0.455. The Kier molecular flexibility index (Phi) is 3.93. The second-order valence-corrected chi connectivity index (χ2v) is 3.24. The zero-order valence-electron chi connectivity index (χ0n) is 8.83. The van der Waals surface area contributed by atoms with Crippen LogP contribution in [0.2, 0.25) is 0 Å². The quantitative estimate of drug-likeness (QED) is 0.739. The Morgan fingerprint density at radius 3 is 2.93 bits per heavy atom. The summed E-state index contributed by atoms with van der Waals surface area (Å²) in [6.07, 6.45) is 1.77. The first-order valence-electron chi connectivity index (χ1n) is 4.70. The molecule has 1 rings (SSSR count). The van der Waals surface area contributed by atoms with E-state index in [4.69, 9.17) is 0 Å². The minimum Gasteiger partial charge on any atom is -0.359 e. The average molecular weight is 189 g/mol. The molecule has 0 radical (unpaired) electrons. The minimum absolute atomic E-state index is 0.356. The molecule has 0 atom stereocenters. The Labute approximate surface area is 85.0 Å². The largest absolute Gasteiger partial charge is 0.359 e. The van der Waals surface area contributed by atoms with Crippen molar-refractivity contribution < 1.29 is 0 Å². The topological polar surface area (TPSA) is 37.8 Å². The predicted molar refractivity (Wildman–Crippen MR) is 58.1 cm³/mol. The van der Waals surface area contributed by atoms with Crippen molar-refractivity contribution >= 4 is 5.82 Å². The maximum atomic E-state index is 4.35. The van der Waals surface area contributed by atoms with Gasteiger partial charge in [-0.3, -0.25) is 0 Å². The first kappa shape index (κ1) is 10.5. The standard InChI is InChI=1S/C11H15N3/c1-4-5-7-12-10-6-8-13-11(14-10)9(2)3/h6,8-9H,7H2,1-3H3,(H,12,13,14). The van der Waals surface area contributed by atoms with Crippen molar-refractivity contribution in [2.45, 2.75) is 26.7 Å². The van der Waals surface area contributed by atoms with Gasteiger partial charge in [0.2, 0.25) is 0 Å². The van der Waals surface area contributed by atoms with Crippen LogP contribution in [0.15, 0.2) is 12.3 Å². The van der Waals surface area contributed by atoms with Crippen LogP contribution in [0.3, 0.4) is 0 Å². The third kappa shape index (κ3) is 3.06. The Hall–Kier alpha value is -1.56. The molecule has 0 amide bonds. The zero-order chi connectivity index (χ0) is 10.4. The lowest BCUT2D eigenvalue weighted by atomic mass is 10.2. The highest BCUT2D eigenvalue weighted by atomic mass is 15.0. The number of nitrogens with one attached hydrogen (secondary N) is 1. The molecular formula is C11H15N3. The van der Waals surface area contributed by atoms with E-state index in [1.165, 1.54) is 0 Å². The summed E-state index contributed by atoms with van der Waals surface area (Å²) >= 11 is 0. The smallest absolute Gasteiger partial charge is 0.133 e. The molecule has 1 aromatic heterocycles. The summed E-state index contributed by atoms with van der Waals surface area (Å²) in [5.74, 6) is 7.80. The van der Waals surface area contributed by atoms with E-state index in [0.717, 1.165) is 11.6 Å². The number of rotatable bonds is 3. The predicted octanol–water partition coefficient (Wildman–Crippen LogP) is 2.04. The normalized spacial score (nSPS) is 9.43. The highest BCUT2D eigenvalue weighted by molar-refractivity contribution is 5.34. The van der Waals surface area contributed by atoms with Gasteiger partial charge < -0.3 is 5.32 Å². The van der Waals surface area contributed by atoms with Crippen molar-refractivity contribution in [3.05, 3.63) is 18.1 Å². The van der Waals surface area contributed by atoms with Gasteiger partial charge in [-0.1, -0.05) is 19.8 Å². The summed E-state index contributed by atoms with van der Waals surface area (Å²) in [5.41, 5.74) is 0. The Morgan fingerprint density at radius 1 is 1.50 bits per heavy atom. The lowest BCUT2D eigenvalue weighted by molar-refractivity contribution is 0.775. The molecule has 0 saturated carbocycles. The van der Waals surface area contributed by atoms with Crippen LogP contribution < -0.4 is 5.32 Å². The molecule has 3 nitrogen and oxygen atoms in total. The fourth-order valence-corrected chi connectivity index (χ4v) is 0.974. The molecule has 0 aromatic carbocycles. The second-order valence-electron chi connectivity index (χ2n) is 3.24. The Bertz CT molecular complexity index is 347. The van der Waals surface area contributed by atoms with Gasteiger partial charge in [-0.2, -0.15) is 0 Å². The van der Waals surface area contributed by atoms with Crippen LogP contribution in [0.25, 0.3) is 0 Å². The van der Waals surface area contributed by atoms with E-state index in [1.807, 2.05) is 13.0 Å². The summed E-state index contributed by atoms with van der Waals surface area (Å²) in [6, 6.07) is 1.85. The van der Waals surface area contributed by atoms with Crippen LogP contribution in [-0.4, -0.2) is 16.5 Å². The SMILES string of the molecule is CC#CCNc1ccnc(C(C)C)n1. The van der Waals surface area contributed by atoms with Crippen molar-refractivity contribution in [3.63, 3.8) is 0 Å². The van der Waals surface area contributed by atoms with Gasteiger partial charge in [0.1, 0.15) is 11.6 Å². The molecule has 1 heterocycles.